The fourth-order valence-electron chi connectivity index (χ4n) is 1.70. The van der Waals surface area contributed by atoms with Gasteiger partial charge in [0, 0.05) is 11.8 Å². The van der Waals surface area contributed by atoms with Gasteiger partial charge in [-0.2, -0.15) is 5.26 Å². The van der Waals surface area contributed by atoms with Crippen molar-refractivity contribution in [3.63, 3.8) is 0 Å². The Kier molecular flexibility index (Phi) is 3.46. The molecule has 0 bridgehead atoms. The van der Waals surface area contributed by atoms with Gasteiger partial charge in [0.25, 0.3) is 0 Å². The summed E-state index contributed by atoms with van der Waals surface area (Å²) in [6.45, 7) is 2.16. The predicted octanol–water partition coefficient (Wildman–Crippen LogP) is 2.97. The van der Waals surface area contributed by atoms with Gasteiger partial charge in [0.2, 0.25) is 5.82 Å². The number of aryl methyl sites for hydroxylation is 1. The minimum Gasteiger partial charge on any atom is -0.227 e. The molecule has 17 heavy (non-hydrogen) atoms. The van der Waals surface area contributed by atoms with Crippen LogP contribution in [-0.4, -0.2) is 9.97 Å². The molecule has 1 aromatic heterocycles. The first-order valence-electron chi connectivity index (χ1n) is 5.66. The van der Waals surface area contributed by atoms with Crippen molar-refractivity contribution in [3.8, 4) is 17.3 Å². The Morgan fingerprint density at radius 1 is 1.18 bits per heavy atom. The van der Waals surface area contributed by atoms with Crippen LogP contribution >= 0.6 is 0 Å². The normalized spacial score (nSPS) is 9.88. The maximum Gasteiger partial charge on any atom is 0.232 e. The molecule has 2 rings (SSSR count). The van der Waals surface area contributed by atoms with Gasteiger partial charge in [0.1, 0.15) is 6.07 Å². The van der Waals surface area contributed by atoms with E-state index in [2.05, 4.69) is 29.0 Å². The minimum atomic E-state index is 0.208. The first-order valence-corrected chi connectivity index (χ1v) is 5.66. The Hall–Kier alpha value is -2.21. The molecule has 0 saturated carbocycles. The summed E-state index contributed by atoms with van der Waals surface area (Å²) in [6.07, 6.45) is 3.85. The molecular weight excluding hydrogens is 210 g/mol. The number of nitrogens with zero attached hydrogens (tertiary/aromatic N) is 3. The van der Waals surface area contributed by atoms with Gasteiger partial charge in [-0.1, -0.05) is 37.6 Å². The van der Waals surface area contributed by atoms with Crippen LogP contribution in [0.1, 0.15) is 24.7 Å². The van der Waals surface area contributed by atoms with E-state index in [9.17, 15) is 0 Å². The van der Waals surface area contributed by atoms with E-state index in [1.807, 2.05) is 24.3 Å². The average molecular weight is 223 g/mol. The molecule has 0 radical (unpaired) electrons. The zero-order chi connectivity index (χ0) is 12.1. The van der Waals surface area contributed by atoms with Crippen LogP contribution in [0.5, 0.6) is 0 Å². The third-order valence-electron chi connectivity index (χ3n) is 2.54. The number of hydrogen-bond donors (Lipinski definition) is 0. The van der Waals surface area contributed by atoms with Crippen LogP contribution < -0.4 is 0 Å². The van der Waals surface area contributed by atoms with E-state index in [0.29, 0.717) is 0 Å². The number of hydrogen-bond acceptors (Lipinski definition) is 3. The molecule has 0 saturated heterocycles. The Morgan fingerprint density at radius 2 is 1.94 bits per heavy atom. The van der Waals surface area contributed by atoms with Gasteiger partial charge in [-0.15, -0.1) is 0 Å². The lowest BCUT2D eigenvalue weighted by Gasteiger charge is -2.02. The molecule has 0 fully saturated rings. The molecule has 0 spiro atoms. The number of aromatic nitrogens is 2. The average Bonchev–Trinajstić information content (AvgIpc) is 2.40. The maximum atomic E-state index is 8.75. The number of benzene rings is 1. The van der Waals surface area contributed by atoms with Gasteiger partial charge in [0.15, 0.2) is 0 Å². The van der Waals surface area contributed by atoms with Crippen molar-refractivity contribution >= 4 is 0 Å². The topological polar surface area (TPSA) is 49.6 Å². The van der Waals surface area contributed by atoms with Gasteiger partial charge < -0.3 is 0 Å². The van der Waals surface area contributed by atoms with Gasteiger partial charge in [0.05, 0.1) is 5.69 Å². The molecule has 1 aromatic carbocycles. The third kappa shape index (κ3) is 2.67. The summed E-state index contributed by atoms with van der Waals surface area (Å²) < 4.78 is 0. The first kappa shape index (κ1) is 11.3. The summed E-state index contributed by atoms with van der Waals surface area (Å²) in [4.78, 5) is 8.02. The van der Waals surface area contributed by atoms with Gasteiger partial charge >= 0.3 is 0 Å². The van der Waals surface area contributed by atoms with Crippen LogP contribution in [0, 0.1) is 11.3 Å². The summed E-state index contributed by atoms with van der Waals surface area (Å²) in [5, 5.41) is 8.75. The highest BCUT2D eigenvalue weighted by atomic mass is 14.9. The summed E-state index contributed by atoms with van der Waals surface area (Å²) in [6, 6.07) is 12.0. The maximum absolute atomic E-state index is 8.75. The van der Waals surface area contributed by atoms with Crippen LogP contribution in [0.15, 0.2) is 36.5 Å². The van der Waals surface area contributed by atoms with Crippen molar-refractivity contribution in [3.05, 3.63) is 47.9 Å². The molecule has 0 aliphatic rings. The molecule has 0 aliphatic carbocycles. The van der Waals surface area contributed by atoms with Crippen molar-refractivity contribution in [2.24, 2.45) is 0 Å². The smallest absolute Gasteiger partial charge is 0.227 e. The van der Waals surface area contributed by atoms with Crippen LogP contribution in [-0.2, 0) is 6.42 Å². The van der Waals surface area contributed by atoms with Crippen molar-refractivity contribution in [2.75, 3.05) is 0 Å². The molecule has 0 aliphatic heterocycles. The molecule has 3 nitrogen and oxygen atoms in total. The highest BCUT2D eigenvalue weighted by Crippen LogP contribution is 2.17. The van der Waals surface area contributed by atoms with E-state index in [1.54, 1.807) is 6.20 Å². The Balaban J connectivity index is 2.30. The summed E-state index contributed by atoms with van der Waals surface area (Å²) in [5.41, 5.74) is 3.13. The number of rotatable bonds is 3. The standard InChI is InChI=1S/C14H13N3/c1-2-3-11-4-6-12(7-5-11)13-8-9-16-14(10-15)17-13/h4-9H,2-3H2,1H3. The lowest BCUT2D eigenvalue weighted by molar-refractivity contribution is 0.922. The fraction of sp³-hybridized carbons (Fsp3) is 0.214. The van der Waals surface area contributed by atoms with Crippen LogP contribution in [0.4, 0.5) is 0 Å². The van der Waals surface area contributed by atoms with Crippen molar-refractivity contribution in [2.45, 2.75) is 19.8 Å². The zero-order valence-corrected chi connectivity index (χ0v) is 9.72. The number of nitriles is 1. The lowest BCUT2D eigenvalue weighted by atomic mass is 10.1. The highest BCUT2D eigenvalue weighted by Gasteiger charge is 2.01. The first-order chi connectivity index (χ1) is 8.33. The van der Waals surface area contributed by atoms with E-state index in [0.717, 1.165) is 24.1 Å². The van der Waals surface area contributed by atoms with Crippen LogP contribution in [0.2, 0.25) is 0 Å². The summed E-state index contributed by atoms with van der Waals surface area (Å²) >= 11 is 0. The predicted molar refractivity (Wildman–Crippen MR) is 66.2 cm³/mol. The monoisotopic (exact) mass is 223 g/mol. The second-order valence-electron chi connectivity index (χ2n) is 3.82. The quantitative estimate of drug-likeness (QED) is 0.803. The molecule has 0 N–H and O–H groups in total. The van der Waals surface area contributed by atoms with Crippen LogP contribution in [0.3, 0.4) is 0 Å². The van der Waals surface area contributed by atoms with Gasteiger partial charge in [-0.05, 0) is 18.1 Å². The zero-order valence-electron chi connectivity index (χ0n) is 9.72. The van der Waals surface area contributed by atoms with E-state index < -0.39 is 0 Å². The molecular formula is C14H13N3. The Morgan fingerprint density at radius 3 is 2.59 bits per heavy atom. The Labute approximate surface area is 101 Å². The SMILES string of the molecule is CCCc1ccc(-c2ccnc(C#N)n2)cc1. The second kappa shape index (κ2) is 5.22. The molecule has 0 atom stereocenters. The minimum absolute atomic E-state index is 0.208. The molecule has 3 heteroatoms. The largest absolute Gasteiger partial charge is 0.232 e. The van der Waals surface area contributed by atoms with E-state index in [1.165, 1.54) is 5.56 Å². The summed E-state index contributed by atoms with van der Waals surface area (Å²) in [7, 11) is 0. The highest BCUT2D eigenvalue weighted by molar-refractivity contribution is 5.59. The molecule has 2 aromatic rings. The van der Waals surface area contributed by atoms with E-state index in [4.69, 9.17) is 5.26 Å². The molecule has 1 heterocycles. The van der Waals surface area contributed by atoms with Crippen molar-refractivity contribution in [1.82, 2.24) is 9.97 Å². The Bertz CT molecular complexity index is 538. The van der Waals surface area contributed by atoms with E-state index >= 15 is 0 Å². The third-order valence-corrected chi connectivity index (χ3v) is 2.54. The van der Waals surface area contributed by atoms with Crippen molar-refractivity contribution < 1.29 is 0 Å². The summed E-state index contributed by atoms with van der Waals surface area (Å²) in [5.74, 6) is 0.208. The van der Waals surface area contributed by atoms with E-state index in [-0.39, 0.29) is 5.82 Å². The fourth-order valence-corrected chi connectivity index (χ4v) is 1.70. The van der Waals surface area contributed by atoms with Gasteiger partial charge in [-0.25, -0.2) is 9.97 Å². The van der Waals surface area contributed by atoms with Crippen LogP contribution in [0.25, 0.3) is 11.3 Å². The van der Waals surface area contributed by atoms with Gasteiger partial charge in [-0.3, -0.25) is 0 Å². The second-order valence-corrected chi connectivity index (χ2v) is 3.82. The molecule has 0 unspecified atom stereocenters. The molecule has 0 amide bonds. The lowest BCUT2D eigenvalue weighted by Crippen LogP contribution is -1.91. The van der Waals surface area contributed by atoms with Crippen molar-refractivity contribution in [1.29, 1.82) is 5.26 Å². The molecule has 84 valence electrons.